The van der Waals surface area contributed by atoms with Crippen molar-refractivity contribution < 1.29 is 5.21 Å². The summed E-state index contributed by atoms with van der Waals surface area (Å²) in [6, 6.07) is 1.79. The quantitative estimate of drug-likeness (QED) is 0.327. The smallest absolute Gasteiger partial charge is 0.172 e. The van der Waals surface area contributed by atoms with E-state index in [-0.39, 0.29) is 5.84 Å². The SMILES string of the molecule is CCCCN(CCCC)c1cnccc1/C(N)=N/O. The van der Waals surface area contributed by atoms with Crippen molar-refractivity contribution in [2.75, 3.05) is 18.0 Å². The minimum absolute atomic E-state index is 0.135. The highest BCUT2D eigenvalue weighted by molar-refractivity contribution is 6.01. The van der Waals surface area contributed by atoms with Gasteiger partial charge in [0.1, 0.15) is 0 Å². The van der Waals surface area contributed by atoms with Gasteiger partial charge in [-0.15, -0.1) is 0 Å². The Morgan fingerprint density at radius 3 is 2.47 bits per heavy atom. The van der Waals surface area contributed by atoms with Gasteiger partial charge < -0.3 is 15.8 Å². The van der Waals surface area contributed by atoms with Crippen LogP contribution in [-0.4, -0.2) is 29.1 Å². The molecule has 1 heterocycles. The monoisotopic (exact) mass is 264 g/mol. The molecule has 0 saturated heterocycles. The molecule has 1 rings (SSSR count). The van der Waals surface area contributed by atoms with Crippen molar-refractivity contribution in [2.45, 2.75) is 39.5 Å². The summed E-state index contributed by atoms with van der Waals surface area (Å²) in [5, 5.41) is 12.0. The molecule has 0 aliphatic rings. The summed E-state index contributed by atoms with van der Waals surface area (Å²) in [5.41, 5.74) is 7.42. The molecule has 1 aromatic heterocycles. The number of hydrogen-bond acceptors (Lipinski definition) is 4. The number of anilines is 1. The average molecular weight is 264 g/mol. The molecule has 0 saturated carbocycles. The zero-order valence-corrected chi connectivity index (χ0v) is 11.8. The van der Waals surface area contributed by atoms with E-state index in [0.29, 0.717) is 0 Å². The van der Waals surface area contributed by atoms with Crippen molar-refractivity contribution in [3.05, 3.63) is 24.0 Å². The van der Waals surface area contributed by atoms with Crippen LogP contribution in [0.1, 0.15) is 45.1 Å². The maximum absolute atomic E-state index is 8.87. The van der Waals surface area contributed by atoms with Gasteiger partial charge in [-0.05, 0) is 18.9 Å². The zero-order chi connectivity index (χ0) is 14.1. The van der Waals surface area contributed by atoms with E-state index in [1.807, 2.05) is 0 Å². The number of nitrogens with two attached hydrogens (primary N) is 1. The second-order valence-electron chi connectivity index (χ2n) is 4.57. The van der Waals surface area contributed by atoms with Crippen LogP contribution in [-0.2, 0) is 0 Å². The van der Waals surface area contributed by atoms with Gasteiger partial charge in [-0.25, -0.2) is 0 Å². The molecular weight excluding hydrogens is 240 g/mol. The fourth-order valence-electron chi connectivity index (χ4n) is 1.96. The molecule has 106 valence electrons. The third-order valence-corrected chi connectivity index (χ3v) is 3.09. The summed E-state index contributed by atoms with van der Waals surface area (Å²) in [7, 11) is 0. The Bertz CT molecular complexity index is 398. The molecule has 0 aliphatic heterocycles. The van der Waals surface area contributed by atoms with Crippen LogP contribution in [0, 0.1) is 0 Å². The van der Waals surface area contributed by atoms with Crippen LogP contribution in [0.25, 0.3) is 0 Å². The molecule has 0 spiro atoms. The summed E-state index contributed by atoms with van der Waals surface area (Å²) in [6.45, 7) is 6.28. The molecular formula is C14H24N4O. The second-order valence-corrected chi connectivity index (χ2v) is 4.57. The molecule has 0 atom stereocenters. The number of rotatable bonds is 8. The van der Waals surface area contributed by atoms with E-state index >= 15 is 0 Å². The van der Waals surface area contributed by atoms with Gasteiger partial charge in [-0.1, -0.05) is 31.8 Å². The second kappa shape index (κ2) is 8.34. The van der Waals surface area contributed by atoms with Crippen molar-refractivity contribution in [2.24, 2.45) is 10.9 Å². The van der Waals surface area contributed by atoms with Gasteiger partial charge in [-0.3, -0.25) is 4.98 Å². The van der Waals surface area contributed by atoms with Gasteiger partial charge in [0.25, 0.3) is 0 Å². The third kappa shape index (κ3) is 4.43. The van der Waals surface area contributed by atoms with Crippen molar-refractivity contribution >= 4 is 11.5 Å². The van der Waals surface area contributed by atoms with E-state index < -0.39 is 0 Å². The fraction of sp³-hybridized carbons (Fsp3) is 0.571. The van der Waals surface area contributed by atoms with Crippen molar-refractivity contribution in [1.82, 2.24) is 4.98 Å². The van der Waals surface area contributed by atoms with E-state index in [2.05, 4.69) is 28.9 Å². The van der Waals surface area contributed by atoms with Crippen molar-refractivity contribution in [3.63, 3.8) is 0 Å². The Morgan fingerprint density at radius 1 is 1.32 bits per heavy atom. The molecule has 0 aromatic carbocycles. The number of unbranched alkanes of at least 4 members (excludes halogenated alkanes) is 2. The molecule has 19 heavy (non-hydrogen) atoms. The third-order valence-electron chi connectivity index (χ3n) is 3.09. The molecule has 0 aliphatic carbocycles. The molecule has 0 bridgehead atoms. The highest BCUT2D eigenvalue weighted by Gasteiger charge is 2.13. The first-order chi connectivity index (χ1) is 9.24. The predicted molar refractivity (Wildman–Crippen MR) is 78.8 cm³/mol. The first-order valence-electron chi connectivity index (χ1n) is 6.91. The summed E-state index contributed by atoms with van der Waals surface area (Å²) >= 11 is 0. The number of hydrogen-bond donors (Lipinski definition) is 2. The predicted octanol–water partition coefficient (Wildman–Crippen LogP) is 2.58. The van der Waals surface area contributed by atoms with Crippen LogP contribution in [0.15, 0.2) is 23.6 Å². The number of nitrogens with zero attached hydrogens (tertiary/aromatic N) is 3. The Hall–Kier alpha value is -1.78. The van der Waals surface area contributed by atoms with Crippen LogP contribution >= 0.6 is 0 Å². The zero-order valence-electron chi connectivity index (χ0n) is 11.8. The summed E-state index contributed by atoms with van der Waals surface area (Å²) in [5.74, 6) is 0.135. The maximum atomic E-state index is 8.87. The lowest BCUT2D eigenvalue weighted by Gasteiger charge is -2.26. The molecule has 1 aromatic rings. The van der Waals surface area contributed by atoms with Crippen LogP contribution < -0.4 is 10.6 Å². The Morgan fingerprint density at radius 2 is 1.95 bits per heavy atom. The van der Waals surface area contributed by atoms with E-state index in [1.165, 1.54) is 0 Å². The molecule has 3 N–H and O–H groups in total. The average Bonchev–Trinajstić information content (AvgIpc) is 2.47. The highest BCUT2D eigenvalue weighted by atomic mass is 16.4. The van der Waals surface area contributed by atoms with E-state index in [0.717, 1.165) is 50.0 Å². The maximum Gasteiger partial charge on any atom is 0.172 e. The summed E-state index contributed by atoms with van der Waals surface area (Å²) in [6.07, 6.45) is 7.97. The lowest BCUT2D eigenvalue weighted by Crippen LogP contribution is -2.29. The molecule has 5 nitrogen and oxygen atoms in total. The molecule has 0 radical (unpaired) electrons. The van der Waals surface area contributed by atoms with Crippen LogP contribution in [0.3, 0.4) is 0 Å². The van der Waals surface area contributed by atoms with Crippen LogP contribution in [0.5, 0.6) is 0 Å². The lowest BCUT2D eigenvalue weighted by atomic mass is 10.1. The molecule has 0 fully saturated rings. The van der Waals surface area contributed by atoms with Crippen LogP contribution in [0.2, 0.25) is 0 Å². The Balaban J connectivity index is 2.99. The minimum atomic E-state index is 0.135. The molecule has 0 unspecified atom stereocenters. The summed E-state index contributed by atoms with van der Waals surface area (Å²) < 4.78 is 0. The largest absolute Gasteiger partial charge is 0.409 e. The minimum Gasteiger partial charge on any atom is -0.409 e. The molecule has 0 amide bonds. The first-order valence-corrected chi connectivity index (χ1v) is 6.91. The number of amidine groups is 1. The van der Waals surface area contributed by atoms with Gasteiger partial charge in [0.15, 0.2) is 5.84 Å². The van der Waals surface area contributed by atoms with Gasteiger partial charge in [-0.2, -0.15) is 0 Å². The normalized spacial score (nSPS) is 11.6. The standard InChI is InChI=1S/C14H24N4O/c1-3-5-9-18(10-6-4-2)13-11-16-8-7-12(13)14(15)17-19/h7-8,11,19H,3-6,9-10H2,1-2H3,(H2,15,17). The first kappa shape index (κ1) is 15.3. The number of pyridine rings is 1. The topological polar surface area (TPSA) is 74.7 Å². The lowest BCUT2D eigenvalue weighted by molar-refractivity contribution is 0.318. The summed E-state index contributed by atoms with van der Waals surface area (Å²) in [4.78, 5) is 6.44. The van der Waals surface area contributed by atoms with E-state index in [9.17, 15) is 0 Å². The van der Waals surface area contributed by atoms with Crippen molar-refractivity contribution in [1.29, 1.82) is 0 Å². The van der Waals surface area contributed by atoms with Gasteiger partial charge in [0.05, 0.1) is 11.9 Å². The van der Waals surface area contributed by atoms with Gasteiger partial charge in [0.2, 0.25) is 0 Å². The molecule has 5 heteroatoms. The highest BCUT2D eigenvalue weighted by Crippen LogP contribution is 2.20. The van der Waals surface area contributed by atoms with Gasteiger partial charge in [0, 0.05) is 24.8 Å². The van der Waals surface area contributed by atoms with E-state index in [1.54, 1.807) is 18.5 Å². The Labute approximate surface area is 115 Å². The van der Waals surface area contributed by atoms with E-state index in [4.69, 9.17) is 10.9 Å². The number of aromatic nitrogens is 1. The van der Waals surface area contributed by atoms with Gasteiger partial charge >= 0.3 is 0 Å². The van der Waals surface area contributed by atoms with Crippen molar-refractivity contribution in [3.8, 4) is 0 Å². The Kier molecular flexibility index (Phi) is 6.71. The number of oxime groups is 1. The van der Waals surface area contributed by atoms with Crippen LogP contribution in [0.4, 0.5) is 5.69 Å². The fourth-order valence-corrected chi connectivity index (χ4v) is 1.96.